The van der Waals surface area contributed by atoms with Gasteiger partial charge in [-0.2, -0.15) is 0 Å². The lowest BCUT2D eigenvalue weighted by Gasteiger charge is -2.27. The fraction of sp³-hybridized carbons (Fsp3) is 1.00. The van der Waals surface area contributed by atoms with Crippen LogP contribution in [-0.2, 0) is 0 Å². The molecule has 0 bridgehead atoms. The van der Waals surface area contributed by atoms with Gasteiger partial charge in [-0.3, -0.25) is 0 Å². The number of hydrogen-bond acceptors (Lipinski definition) is 4. The van der Waals surface area contributed by atoms with Gasteiger partial charge in [0.1, 0.15) is 0 Å². The van der Waals surface area contributed by atoms with Crippen LogP contribution in [0.3, 0.4) is 0 Å². The van der Waals surface area contributed by atoms with Crippen molar-refractivity contribution < 1.29 is 0 Å². The van der Waals surface area contributed by atoms with Crippen molar-refractivity contribution in [1.29, 1.82) is 0 Å². The molecule has 0 aromatic rings. The maximum atomic E-state index is 3.86. The number of nitrogens with one attached hydrogen (secondary N) is 2. The number of hydrogen-bond donors (Lipinski definition) is 2. The fourth-order valence-electron chi connectivity index (χ4n) is 4.32. The first-order valence-electron chi connectivity index (χ1n) is 13.9. The molecule has 0 aliphatic carbocycles. The Balaban J connectivity index is 4.31. The molecule has 0 rings (SSSR count). The van der Waals surface area contributed by atoms with E-state index in [1.807, 2.05) is 0 Å². The zero-order chi connectivity index (χ0) is 23.3. The minimum Gasteiger partial charge on any atom is -0.303 e. The molecule has 0 amide bonds. The molecular formula is C27H60N4. The van der Waals surface area contributed by atoms with Crippen molar-refractivity contribution >= 4 is 0 Å². The smallest absolute Gasteiger partial charge is 0.0571 e. The van der Waals surface area contributed by atoms with Crippen molar-refractivity contribution in [2.45, 2.75) is 112 Å². The zero-order valence-electron chi connectivity index (χ0n) is 22.6. The third-order valence-electron chi connectivity index (χ3n) is 6.31. The molecule has 2 atom stereocenters. The van der Waals surface area contributed by atoms with Crippen LogP contribution in [0.5, 0.6) is 0 Å². The highest BCUT2D eigenvalue weighted by Crippen LogP contribution is 2.08. The van der Waals surface area contributed by atoms with E-state index in [0.717, 1.165) is 24.9 Å². The van der Waals surface area contributed by atoms with Gasteiger partial charge in [0.2, 0.25) is 0 Å². The quantitative estimate of drug-likeness (QED) is 0.151. The summed E-state index contributed by atoms with van der Waals surface area (Å²) in [6.07, 6.45) is 11.9. The van der Waals surface area contributed by atoms with E-state index in [-0.39, 0.29) is 0 Å². The van der Waals surface area contributed by atoms with Crippen LogP contribution in [-0.4, -0.2) is 68.3 Å². The Morgan fingerprint density at radius 3 is 1.23 bits per heavy atom. The van der Waals surface area contributed by atoms with E-state index in [1.165, 1.54) is 97.1 Å². The molecule has 2 unspecified atom stereocenters. The standard InChI is InChI=1S/C27H60N4/c1-8-13-14-27(28-23-25(6)15-21-30(17-9-2)18-10-3)29-24-26(7)16-22-31(19-11-4)20-12-5/h25-29H,8-24H2,1-7H3/i30+1,31+1. The van der Waals surface area contributed by atoms with Crippen molar-refractivity contribution in [3.8, 4) is 0 Å². The van der Waals surface area contributed by atoms with Gasteiger partial charge in [-0.1, -0.05) is 61.3 Å². The topological polar surface area (TPSA) is 30.5 Å². The molecule has 0 saturated carbocycles. The second-order valence-corrected chi connectivity index (χ2v) is 9.98. The van der Waals surface area contributed by atoms with E-state index in [1.54, 1.807) is 0 Å². The lowest BCUT2D eigenvalue weighted by Crippen LogP contribution is -2.46. The summed E-state index contributed by atoms with van der Waals surface area (Å²) in [6.45, 7) is 26.1. The van der Waals surface area contributed by atoms with Crippen molar-refractivity contribution in [3.05, 3.63) is 0 Å². The third kappa shape index (κ3) is 18.0. The van der Waals surface area contributed by atoms with E-state index in [2.05, 4.69) is 68.9 Å². The van der Waals surface area contributed by atoms with E-state index in [4.69, 9.17) is 0 Å². The molecule has 0 spiro atoms. The molecule has 0 radical (unpaired) electrons. The Morgan fingerprint density at radius 1 is 0.516 bits per heavy atom. The second-order valence-electron chi connectivity index (χ2n) is 9.98. The first-order valence-corrected chi connectivity index (χ1v) is 13.9. The van der Waals surface area contributed by atoms with Crippen molar-refractivity contribution in [2.24, 2.45) is 11.8 Å². The number of rotatable bonds is 23. The van der Waals surface area contributed by atoms with Crippen LogP contribution in [0.2, 0.25) is 0 Å². The largest absolute Gasteiger partial charge is 0.303 e. The van der Waals surface area contributed by atoms with Crippen LogP contribution in [0.4, 0.5) is 0 Å². The van der Waals surface area contributed by atoms with E-state index in [0.29, 0.717) is 6.17 Å². The average Bonchev–Trinajstić information content (AvgIpc) is 2.75. The van der Waals surface area contributed by atoms with Crippen LogP contribution < -0.4 is 10.6 Å². The SMILES string of the molecule is CCCCC(NCC(C)CC[15N](CCC)CCC)NCC(C)CC[15N](CCC)CCC. The molecule has 0 heterocycles. The van der Waals surface area contributed by atoms with Gasteiger partial charge in [0.15, 0.2) is 0 Å². The van der Waals surface area contributed by atoms with E-state index >= 15 is 0 Å². The van der Waals surface area contributed by atoms with Crippen LogP contribution in [0, 0.1) is 11.8 Å². The van der Waals surface area contributed by atoms with Gasteiger partial charge in [-0.15, -0.1) is 0 Å². The monoisotopic (exact) mass is 442 g/mol. The van der Waals surface area contributed by atoms with Crippen molar-refractivity contribution in [2.75, 3.05) is 52.4 Å². The summed E-state index contributed by atoms with van der Waals surface area (Å²) in [5, 5.41) is 7.73. The maximum absolute atomic E-state index is 3.86. The highest BCUT2D eigenvalue weighted by Gasteiger charge is 2.13. The molecule has 4 heteroatoms. The highest BCUT2D eigenvalue weighted by molar-refractivity contribution is 4.71. The van der Waals surface area contributed by atoms with E-state index in [9.17, 15) is 0 Å². The van der Waals surface area contributed by atoms with Crippen LogP contribution in [0.15, 0.2) is 0 Å². The molecule has 0 aromatic carbocycles. The van der Waals surface area contributed by atoms with Crippen LogP contribution in [0.25, 0.3) is 0 Å². The van der Waals surface area contributed by atoms with Crippen molar-refractivity contribution in [3.63, 3.8) is 0 Å². The summed E-state index contributed by atoms with van der Waals surface area (Å²) in [5.41, 5.74) is 0. The van der Waals surface area contributed by atoms with Gasteiger partial charge in [-0.25, -0.2) is 0 Å². The normalized spacial score (nSPS) is 15.0. The Kier molecular flexibility index (Phi) is 21.6. The molecule has 31 heavy (non-hydrogen) atoms. The highest BCUT2D eigenvalue weighted by atomic mass is 15.8. The third-order valence-corrected chi connectivity index (χ3v) is 6.31. The summed E-state index contributed by atoms with van der Waals surface area (Å²) in [6, 6.07) is 0. The molecule has 0 aromatic heterocycles. The summed E-state index contributed by atoms with van der Waals surface area (Å²) >= 11 is 0. The predicted molar refractivity (Wildman–Crippen MR) is 141 cm³/mol. The van der Waals surface area contributed by atoms with Gasteiger partial charge in [0, 0.05) is 0 Å². The van der Waals surface area contributed by atoms with Crippen molar-refractivity contribution in [1.82, 2.24) is 20.4 Å². The summed E-state index contributed by atoms with van der Waals surface area (Å²) < 4.78 is 0. The lowest BCUT2D eigenvalue weighted by atomic mass is 10.1. The zero-order valence-corrected chi connectivity index (χ0v) is 22.6. The van der Waals surface area contributed by atoms with Gasteiger partial charge >= 0.3 is 0 Å². The summed E-state index contributed by atoms with van der Waals surface area (Å²) in [7, 11) is 0. The van der Waals surface area contributed by atoms with Gasteiger partial charge < -0.3 is 20.4 Å². The average molecular weight is 443 g/mol. The molecule has 4 nitrogen and oxygen atoms in total. The van der Waals surface area contributed by atoms with Crippen LogP contribution >= 0.6 is 0 Å². The minimum atomic E-state index is 0.467. The maximum Gasteiger partial charge on any atom is 0.0571 e. The molecule has 0 aliphatic rings. The first-order chi connectivity index (χ1) is 15.0. The Morgan fingerprint density at radius 2 is 0.903 bits per heavy atom. The summed E-state index contributed by atoms with van der Waals surface area (Å²) in [5.74, 6) is 1.47. The molecular weight excluding hydrogens is 382 g/mol. The van der Waals surface area contributed by atoms with Crippen LogP contribution in [0.1, 0.15) is 106 Å². The Hall–Kier alpha value is -0.160. The first kappa shape index (κ1) is 30.8. The molecule has 0 saturated heterocycles. The molecule has 188 valence electrons. The Labute approximate surface area is 197 Å². The minimum absolute atomic E-state index is 0.467. The number of nitrogens with zero attached hydrogens (tertiary/aromatic N) is 2. The van der Waals surface area contributed by atoms with Gasteiger partial charge in [-0.05, 0) is 109 Å². The Bertz CT molecular complexity index is 321. The molecule has 0 fully saturated rings. The lowest BCUT2D eigenvalue weighted by molar-refractivity contribution is 0.243. The predicted octanol–water partition coefficient (Wildman–Crippen LogP) is 5.98. The van der Waals surface area contributed by atoms with E-state index < -0.39 is 0 Å². The molecule has 0 aliphatic heterocycles. The fourth-order valence-corrected chi connectivity index (χ4v) is 4.32. The number of unbranched alkanes of at least 4 members (excludes halogenated alkanes) is 1. The van der Waals surface area contributed by atoms with Gasteiger partial charge in [0.05, 0.1) is 6.17 Å². The second kappa shape index (κ2) is 21.7. The summed E-state index contributed by atoms with van der Waals surface area (Å²) in [4.78, 5) is 5.29. The van der Waals surface area contributed by atoms with Gasteiger partial charge in [0.25, 0.3) is 0 Å². The molecule has 2 N–H and O–H groups in total.